The van der Waals surface area contributed by atoms with Gasteiger partial charge in [-0.25, -0.2) is 4.68 Å². The van der Waals surface area contributed by atoms with Crippen LogP contribution in [0.5, 0.6) is 0 Å². The number of carbonyl (C=O) groups is 1. The highest BCUT2D eigenvalue weighted by Crippen LogP contribution is 2.16. The third kappa shape index (κ3) is 3.83. The lowest BCUT2D eigenvalue weighted by molar-refractivity contribution is -0.118. The van der Waals surface area contributed by atoms with Crippen LogP contribution in [0.2, 0.25) is 0 Å². The Kier molecular flexibility index (Phi) is 5.33. The molecule has 18 heavy (non-hydrogen) atoms. The predicted molar refractivity (Wildman–Crippen MR) is 73.8 cm³/mol. The summed E-state index contributed by atoms with van der Waals surface area (Å²) in [4.78, 5) is 22.6. The van der Waals surface area contributed by atoms with Gasteiger partial charge in [0, 0.05) is 20.0 Å². The maximum Gasteiger partial charge on any atom is 0.283 e. The lowest BCUT2D eigenvalue weighted by Gasteiger charge is -2.12. The Morgan fingerprint density at radius 1 is 1.50 bits per heavy atom. The molecule has 1 rings (SSSR count). The Morgan fingerprint density at radius 2 is 2.17 bits per heavy atom. The molecule has 1 amide bonds. The van der Waals surface area contributed by atoms with Crippen molar-refractivity contribution in [1.82, 2.24) is 15.1 Å². The SMILES string of the molecule is CC(=O)NCCNc1cnn(C(C)C)c(=O)c1Br. The molecule has 0 spiro atoms. The molecular weight excluding hydrogens is 300 g/mol. The summed E-state index contributed by atoms with van der Waals surface area (Å²) in [5, 5.41) is 9.77. The Balaban J connectivity index is 2.71. The maximum absolute atomic E-state index is 11.9. The molecule has 0 aromatic carbocycles. The van der Waals surface area contributed by atoms with Crippen LogP contribution in [0.4, 0.5) is 5.69 Å². The van der Waals surface area contributed by atoms with Gasteiger partial charge in [-0.1, -0.05) is 0 Å². The number of aromatic nitrogens is 2. The van der Waals surface area contributed by atoms with Crippen molar-refractivity contribution in [2.75, 3.05) is 18.4 Å². The van der Waals surface area contributed by atoms with Gasteiger partial charge in [0.05, 0.1) is 17.9 Å². The third-order valence-electron chi connectivity index (χ3n) is 2.25. The molecule has 1 aromatic rings. The van der Waals surface area contributed by atoms with E-state index in [1.165, 1.54) is 11.6 Å². The molecule has 0 aliphatic carbocycles. The van der Waals surface area contributed by atoms with E-state index in [9.17, 15) is 9.59 Å². The van der Waals surface area contributed by atoms with Crippen LogP contribution < -0.4 is 16.2 Å². The molecule has 2 N–H and O–H groups in total. The van der Waals surface area contributed by atoms with E-state index in [0.717, 1.165) is 0 Å². The summed E-state index contributed by atoms with van der Waals surface area (Å²) in [5.74, 6) is -0.0794. The summed E-state index contributed by atoms with van der Waals surface area (Å²) in [7, 11) is 0. The van der Waals surface area contributed by atoms with Crippen molar-refractivity contribution in [1.29, 1.82) is 0 Å². The minimum absolute atomic E-state index is 0.0160. The Labute approximate surface area is 114 Å². The molecule has 7 heteroatoms. The average molecular weight is 317 g/mol. The first-order valence-corrected chi connectivity index (χ1v) is 6.48. The molecule has 0 aliphatic heterocycles. The van der Waals surface area contributed by atoms with Crippen LogP contribution in [0, 0.1) is 0 Å². The fourth-order valence-corrected chi connectivity index (χ4v) is 1.80. The fourth-order valence-electron chi connectivity index (χ4n) is 1.37. The smallest absolute Gasteiger partial charge is 0.283 e. The van der Waals surface area contributed by atoms with Crippen molar-refractivity contribution in [2.45, 2.75) is 26.8 Å². The number of anilines is 1. The highest BCUT2D eigenvalue weighted by atomic mass is 79.9. The van der Waals surface area contributed by atoms with Crippen LogP contribution in [0.3, 0.4) is 0 Å². The van der Waals surface area contributed by atoms with Crippen molar-refractivity contribution in [3.05, 3.63) is 21.0 Å². The van der Waals surface area contributed by atoms with Crippen LogP contribution in [0.15, 0.2) is 15.5 Å². The van der Waals surface area contributed by atoms with Gasteiger partial charge in [0.25, 0.3) is 5.56 Å². The molecule has 0 atom stereocenters. The summed E-state index contributed by atoms with van der Waals surface area (Å²) in [5.41, 5.74) is 0.455. The number of nitrogens with one attached hydrogen (secondary N) is 2. The first kappa shape index (κ1) is 14.7. The van der Waals surface area contributed by atoms with E-state index >= 15 is 0 Å². The molecule has 0 bridgehead atoms. The van der Waals surface area contributed by atoms with Crippen LogP contribution in [-0.2, 0) is 4.79 Å². The number of halogens is 1. The standard InChI is InChI=1S/C11H17BrN4O2/c1-7(2)16-11(18)10(12)9(6-15-16)14-5-4-13-8(3)17/h6-7,14H,4-5H2,1-3H3,(H,13,17). The van der Waals surface area contributed by atoms with Gasteiger partial charge < -0.3 is 10.6 Å². The summed E-state index contributed by atoms with van der Waals surface area (Å²) < 4.78 is 1.86. The highest BCUT2D eigenvalue weighted by molar-refractivity contribution is 9.10. The molecule has 1 heterocycles. The van der Waals surface area contributed by atoms with Gasteiger partial charge in [0.15, 0.2) is 0 Å². The molecule has 0 saturated heterocycles. The van der Waals surface area contributed by atoms with E-state index in [1.54, 1.807) is 6.20 Å². The summed E-state index contributed by atoms with van der Waals surface area (Å²) in [6.07, 6.45) is 1.60. The monoisotopic (exact) mass is 316 g/mol. The zero-order chi connectivity index (χ0) is 13.7. The number of amides is 1. The molecule has 0 radical (unpaired) electrons. The summed E-state index contributed by atoms with van der Waals surface area (Å²) in [6.45, 7) is 6.27. The van der Waals surface area contributed by atoms with Crippen molar-refractivity contribution >= 4 is 27.5 Å². The van der Waals surface area contributed by atoms with E-state index < -0.39 is 0 Å². The van der Waals surface area contributed by atoms with Gasteiger partial charge in [-0.2, -0.15) is 5.10 Å². The Hall–Kier alpha value is -1.37. The second kappa shape index (κ2) is 6.53. The molecule has 6 nitrogen and oxygen atoms in total. The molecule has 0 unspecified atom stereocenters. The van der Waals surface area contributed by atoms with E-state index in [1.807, 2.05) is 13.8 Å². The quantitative estimate of drug-likeness (QED) is 0.799. The Morgan fingerprint density at radius 3 is 2.72 bits per heavy atom. The number of carbonyl (C=O) groups excluding carboxylic acids is 1. The number of hydrogen-bond acceptors (Lipinski definition) is 4. The zero-order valence-electron chi connectivity index (χ0n) is 10.7. The van der Waals surface area contributed by atoms with Gasteiger partial charge in [-0.3, -0.25) is 9.59 Å². The third-order valence-corrected chi connectivity index (χ3v) is 3.01. The predicted octanol–water partition coefficient (Wildman–Crippen LogP) is 1.13. The van der Waals surface area contributed by atoms with Gasteiger partial charge in [-0.15, -0.1) is 0 Å². The Bertz CT molecular complexity index is 484. The molecule has 0 aliphatic rings. The molecule has 1 aromatic heterocycles. The minimum Gasteiger partial charge on any atom is -0.381 e. The minimum atomic E-state index is -0.172. The van der Waals surface area contributed by atoms with Crippen molar-refractivity contribution in [3.63, 3.8) is 0 Å². The number of hydrogen-bond donors (Lipinski definition) is 2. The van der Waals surface area contributed by atoms with Crippen LogP contribution in [0.25, 0.3) is 0 Å². The van der Waals surface area contributed by atoms with Crippen molar-refractivity contribution < 1.29 is 4.79 Å². The first-order chi connectivity index (χ1) is 8.43. The first-order valence-electron chi connectivity index (χ1n) is 5.69. The van der Waals surface area contributed by atoms with Gasteiger partial charge in [0.2, 0.25) is 5.91 Å². The van der Waals surface area contributed by atoms with Crippen molar-refractivity contribution in [2.24, 2.45) is 0 Å². The number of rotatable bonds is 5. The zero-order valence-corrected chi connectivity index (χ0v) is 12.2. The molecule has 100 valence electrons. The van der Waals surface area contributed by atoms with Crippen LogP contribution in [-0.4, -0.2) is 28.8 Å². The lowest BCUT2D eigenvalue weighted by atomic mass is 10.4. The van der Waals surface area contributed by atoms with E-state index in [4.69, 9.17) is 0 Å². The second-order valence-electron chi connectivity index (χ2n) is 4.13. The number of nitrogens with zero attached hydrogens (tertiary/aromatic N) is 2. The summed E-state index contributed by atoms with van der Waals surface area (Å²) >= 11 is 3.26. The fraction of sp³-hybridized carbons (Fsp3) is 0.545. The average Bonchev–Trinajstić information content (AvgIpc) is 2.29. The molecule has 0 fully saturated rings. The van der Waals surface area contributed by atoms with E-state index in [-0.39, 0.29) is 17.5 Å². The van der Waals surface area contributed by atoms with Gasteiger partial charge >= 0.3 is 0 Å². The van der Waals surface area contributed by atoms with Crippen LogP contribution >= 0.6 is 15.9 Å². The lowest BCUT2D eigenvalue weighted by Crippen LogP contribution is -2.28. The second-order valence-corrected chi connectivity index (χ2v) is 4.92. The normalized spacial score (nSPS) is 10.5. The largest absolute Gasteiger partial charge is 0.381 e. The molecular formula is C11H17BrN4O2. The van der Waals surface area contributed by atoms with Gasteiger partial charge in [-0.05, 0) is 29.8 Å². The summed E-state index contributed by atoms with van der Waals surface area (Å²) in [6, 6.07) is 0.0160. The molecule has 0 saturated carbocycles. The maximum atomic E-state index is 11.9. The van der Waals surface area contributed by atoms with Crippen LogP contribution in [0.1, 0.15) is 26.8 Å². The van der Waals surface area contributed by atoms with Gasteiger partial charge in [0.1, 0.15) is 4.47 Å². The van der Waals surface area contributed by atoms with Crippen molar-refractivity contribution in [3.8, 4) is 0 Å². The topological polar surface area (TPSA) is 76.0 Å². The highest BCUT2D eigenvalue weighted by Gasteiger charge is 2.10. The van der Waals surface area contributed by atoms with E-state index in [0.29, 0.717) is 23.2 Å². The van der Waals surface area contributed by atoms with E-state index in [2.05, 4.69) is 31.7 Å².